The van der Waals surface area contributed by atoms with Gasteiger partial charge < -0.3 is 19.2 Å². The lowest BCUT2D eigenvalue weighted by molar-refractivity contribution is 0.102. The Morgan fingerprint density at radius 2 is 2.08 bits per heavy atom. The third-order valence-corrected chi connectivity index (χ3v) is 4.50. The number of amides is 1. The highest BCUT2D eigenvalue weighted by molar-refractivity contribution is 6.05. The van der Waals surface area contributed by atoms with Crippen LogP contribution in [-0.2, 0) is 24.4 Å². The van der Waals surface area contributed by atoms with Gasteiger partial charge in [-0.05, 0) is 36.6 Å². The van der Waals surface area contributed by atoms with Crippen LogP contribution in [0.5, 0.6) is 5.75 Å². The molecule has 0 saturated heterocycles. The summed E-state index contributed by atoms with van der Waals surface area (Å²) in [5, 5.41) is 2.97. The fourth-order valence-electron chi connectivity index (χ4n) is 3.12. The van der Waals surface area contributed by atoms with Crippen molar-refractivity contribution >= 4 is 17.2 Å². The van der Waals surface area contributed by atoms with Crippen LogP contribution in [0.2, 0.25) is 0 Å². The molecule has 1 N–H and O–H groups in total. The highest BCUT2D eigenvalue weighted by atomic mass is 16.5. The Bertz CT molecular complexity index is 978. The summed E-state index contributed by atoms with van der Waals surface area (Å²) in [5.41, 5.74) is 5.24. The van der Waals surface area contributed by atoms with Gasteiger partial charge in [0, 0.05) is 24.0 Å². The van der Waals surface area contributed by atoms with Crippen molar-refractivity contribution in [3.63, 3.8) is 0 Å². The molecular weight excluding hydrogens is 330 g/mol. The first-order valence-corrected chi connectivity index (χ1v) is 8.83. The highest BCUT2D eigenvalue weighted by Crippen LogP contribution is 2.28. The van der Waals surface area contributed by atoms with E-state index in [1.165, 1.54) is 0 Å². The number of anilines is 1. The maximum absolute atomic E-state index is 12.7. The van der Waals surface area contributed by atoms with Crippen LogP contribution in [0, 0.1) is 0 Å². The molecule has 1 aromatic carbocycles. The molecule has 0 bridgehead atoms. The van der Waals surface area contributed by atoms with Crippen LogP contribution in [0.15, 0.2) is 36.7 Å². The molecule has 1 aliphatic heterocycles. The van der Waals surface area contributed by atoms with Gasteiger partial charge in [-0.2, -0.15) is 0 Å². The van der Waals surface area contributed by atoms with Gasteiger partial charge in [-0.1, -0.05) is 13.0 Å². The Labute approximate surface area is 151 Å². The number of hydrogen-bond acceptors (Lipinski definition) is 4. The van der Waals surface area contributed by atoms with Crippen LogP contribution in [0.4, 0.5) is 5.69 Å². The number of carbonyl (C=O) groups excluding carboxylic acids is 1. The summed E-state index contributed by atoms with van der Waals surface area (Å²) in [6.45, 7) is 5.66. The number of rotatable bonds is 5. The van der Waals surface area contributed by atoms with E-state index in [9.17, 15) is 4.79 Å². The summed E-state index contributed by atoms with van der Waals surface area (Å²) in [4.78, 5) is 17.3. The van der Waals surface area contributed by atoms with E-state index < -0.39 is 0 Å². The van der Waals surface area contributed by atoms with Crippen LogP contribution in [0.1, 0.15) is 41.0 Å². The Hall–Kier alpha value is -2.86. The maximum Gasteiger partial charge on any atom is 0.255 e. The summed E-state index contributed by atoms with van der Waals surface area (Å²) in [7, 11) is 0. The third-order valence-electron chi connectivity index (χ3n) is 4.50. The second kappa shape index (κ2) is 6.80. The van der Waals surface area contributed by atoms with E-state index in [2.05, 4.69) is 17.2 Å². The first-order valence-electron chi connectivity index (χ1n) is 8.83. The molecule has 134 valence electrons. The van der Waals surface area contributed by atoms with Crippen molar-refractivity contribution in [3.8, 4) is 5.75 Å². The molecule has 6 nitrogen and oxygen atoms in total. The van der Waals surface area contributed by atoms with Gasteiger partial charge in [0.15, 0.2) is 0 Å². The molecule has 0 unspecified atom stereocenters. The molecule has 0 radical (unpaired) electrons. The molecule has 4 rings (SSSR count). The first kappa shape index (κ1) is 16.6. The van der Waals surface area contributed by atoms with E-state index in [-0.39, 0.29) is 5.91 Å². The van der Waals surface area contributed by atoms with Crippen LogP contribution in [0.25, 0.3) is 5.65 Å². The molecule has 0 aliphatic carbocycles. The number of nitrogens with zero attached hydrogens (tertiary/aromatic N) is 2. The molecule has 2 aromatic heterocycles. The minimum atomic E-state index is -0.171. The normalized spacial score (nSPS) is 13.0. The van der Waals surface area contributed by atoms with E-state index in [0.717, 1.165) is 28.9 Å². The van der Waals surface area contributed by atoms with Crippen molar-refractivity contribution < 1.29 is 14.3 Å². The number of nitrogens with one attached hydrogen (secondary N) is 1. The molecule has 0 atom stereocenters. The predicted octanol–water partition coefficient (Wildman–Crippen LogP) is 3.58. The van der Waals surface area contributed by atoms with Gasteiger partial charge in [-0.3, -0.25) is 4.79 Å². The second-order valence-electron chi connectivity index (χ2n) is 6.27. The Kier molecular flexibility index (Phi) is 4.34. The number of ether oxygens (including phenoxy) is 2. The molecule has 26 heavy (non-hydrogen) atoms. The first-order chi connectivity index (χ1) is 12.7. The van der Waals surface area contributed by atoms with Crippen molar-refractivity contribution in [3.05, 3.63) is 59.0 Å². The fourth-order valence-corrected chi connectivity index (χ4v) is 3.12. The number of pyridine rings is 1. The van der Waals surface area contributed by atoms with Crippen LogP contribution < -0.4 is 10.1 Å². The standard InChI is InChI=1S/C20H21N3O3/c1-3-16-9-23-10-17(18(26-4-2)8-19(23)21-16)22-20(24)13-5-6-14-11-25-12-15(14)7-13/h5-10H,3-4,11-12H2,1-2H3,(H,22,24). The molecular formula is C20H21N3O3. The van der Waals surface area contributed by atoms with E-state index >= 15 is 0 Å². The van der Waals surface area contributed by atoms with Crippen molar-refractivity contribution in [1.29, 1.82) is 0 Å². The summed E-state index contributed by atoms with van der Waals surface area (Å²) in [6, 6.07) is 7.53. The van der Waals surface area contributed by atoms with Gasteiger partial charge in [0.05, 0.1) is 25.5 Å². The van der Waals surface area contributed by atoms with Crippen molar-refractivity contribution in [2.45, 2.75) is 33.5 Å². The van der Waals surface area contributed by atoms with Crippen molar-refractivity contribution in [2.24, 2.45) is 0 Å². The predicted molar refractivity (Wildman–Crippen MR) is 98.6 cm³/mol. The number of aryl methyl sites for hydroxylation is 1. The minimum Gasteiger partial charge on any atom is -0.491 e. The second-order valence-corrected chi connectivity index (χ2v) is 6.27. The fraction of sp³-hybridized carbons (Fsp3) is 0.300. The molecule has 0 fully saturated rings. The number of hydrogen-bond donors (Lipinski definition) is 1. The summed E-state index contributed by atoms with van der Waals surface area (Å²) in [5.74, 6) is 0.446. The average Bonchev–Trinajstić information content (AvgIpc) is 3.27. The number of fused-ring (bicyclic) bond motifs is 2. The molecule has 0 spiro atoms. The zero-order chi connectivity index (χ0) is 18.1. The molecule has 6 heteroatoms. The van der Waals surface area contributed by atoms with E-state index in [1.807, 2.05) is 48.0 Å². The van der Waals surface area contributed by atoms with Gasteiger partial charge in [0.25, 0.3) is 5.91 Å². The van der Waals surface area contributed by atoms with Gasteiger partial charge in [-0.15, -0.1) is 0 Å². The minimum absolute atomic E-state index is 0.171. The smallest absolute Gasteiger partial charge is 0.255 e. The topological polar surface area (TPSA) is 64.9 Å². The van der Waals surface area contributed by atoms with Gasteiger partial charge in [0.1, 0.15) is 17.1 Å². The summed E-state index contributed by atoms with van der Waals surface area (Å²) >= 11 is 0. The van der Waals surface area contributed by atoms with Crippen LogP contribution in [0.3, 0.4) is 0 Å². The monoisotopic (exact) mass is 351 g/mol. The molecule has 1 amide bonds. The quantitative estimate of drug-likeness (QED) is 0.763. The van der Waals surface area contributed by atoms with Crippen LogP contribution >= 0.6 is 0 Å². The molecule has 0 saturated carbocycles. The lowest BCUT2D eigenvalue weighted by Gasteiger charge is -2.12. The van der Waals surface area contributed by atoms with E-state index in [0.29, 0.717) is 36.8 Å². The Morgan fingerprint density at radius 3 is 2.88 bits per heavy atom. The number of benzene rings is 1. The van der Waals surface area contributed by atoms with Gasteiger partial charge in [-0.25, -0.2) is 4.98 Å². The highest BCUT2D eigenvalue weighted by Gasteiger charge is 2.16. The Morgan fingerprint density at radius 1 is 1.23 bits per heavy atom. The molecule has 3 heterocycles. The van der Waals surface area contributed by atoms with Gasteiger partial charge >= 0.3 is 0 Å². The van der Waals surface area contributed by atoms with Crippen molar-refractivity contribution in [1.82, 2.24) is 9.38 Å². The molecule has 3 aromatic rings. The zero-order valence-corrected chi connectivity index (χ0v) is 14.9. The Balaban J connectivity index is 1.66. The lowest BCUT2D eigenvalue weighted by atomic mass is 10.1. The zero-order valence-electron chi connectivity index (χ0n) is 14.9. The lowest BCUT2D eigenvalue weighted by Crippen LogP contribution is -2.14. The SMILES string of the molecule is CCOc1cc2nc(CC)cn2cc1NC(=O)c1ccc2c(c1)COC2. The average molecular weight is 351 g/mol. The number of imidazole rings is 1. The van der Waals surface area contributed by atoms with E-state index in [4.69, 9.17) is 9.47 Å². The van der Waals surface area contributed by atoms with Crippen LogP contribution in [-0.4, -0.2) is 21.9 Å². The van der Waals surface area contributed by atoms with E-state index in [1.54, 1.807) is 0 Å². The summed E-state index contributed by atoms with van der Waals surface area (Å²) in [6.07, 6.45) is 4.67. The largest absolute Gasteiger partial charge is 0.491 e. The number of carbonyl (C=O) groups is 1. The third kappa shape index (κ3) is 3.04. The summed E-state index contributed by atoms with van der Waals surface area (Å²) < 4.78 is 13.0. The van der Waals surface area contributed by atoms with Crippen molar-refractivity contribution in [2.75, 3.05) is 11.9 Å². The van der Waals surface area contributed by atoms with Gasteiger partial charge in [0.2, 0.25) is 0 Å². The molecule has 1 aliphatic rings. The maximum atomic E-state index is 12.7. The number of aromatic nitrogens is 2.